The van der Waals surface area contributed by atoms with Gasteiger partial charge >= 0.3 is 5.97 Å². The molecule has 1 fully saturated rings. The minimum atomic E-state index is -0.124. The summed E-state index contributed by atoms with van der Waals surface area (Å²) < 4.78 is 6.74. The summed E-state index contributed by atoms with van der Waals surface area (Å²) >= 11 is 0. The van der Waals surface area contributed by atoms with Gasteiger partial charge in [0.05, 0.1) is 19.6 Å². The Morgan fingerprint density at radius 3 is 2.70 bits per heavy atom. The molecule has 0 bridgehead atoms. The van der Waals surface area contributed by atoms with Crippen molar-refractivity contribution in [2.75, 3.05) is 25.1 Å². The number of carbonyl (C=O) groups excluding carboxylic acids is 1. The van der Waals surface area contributed by atoms with Crippen molar-refractivity contribution in [3.63, 3.8) is 0 Å². The first kappa shape index (κ1) is 17.1. The van der Waals surface area contributed by atoms with Crippen molar-refractivity contribution in [3.05, 3.63) is 48.2 Å². The van der Waals surface area contributed by atoms with E-state index < -0.39 is 0 Å². The van der Waals surface area contributed by atoms with Gasteiger partial charge in [0.15, 0.2) is 5.82 Å². The molecule has 0 saturated carbocycles. The number of esters is 1. The third kappa shape index (κ3) is 4.34. The Hall–Kier alpha value is -2.30. The first-order valence-corrected chi connectivity index (χ1v) is 8.16. The Balaban J connectivity index is 0.000000924. The summed E-state index contributed by atoms with van der Waals surface area (Å²) in [5.41, 5.74) is 1.22. The van der Waals surface area contributed by atoms with Crippen molar-refractivity contribution >= 4 is 11.8 Å². The average Bonchev–Trinajstić information content (AvgIpc) is 3.26. The molecule has 1 unspecified atom stereocenters. The second-order valence-corrected chi connectivity index (χ2v) is 5.31. The van der Waals surface area contributed by atoms with Crippen LogP contribution in [-0.2, 0) is 16.1 Å². The van der Waals surface area contributed by atoms with Crippen LogP contribution in [0.4, 0.5) is 5.82 Å². The standard InChI is InChI=1S/C16H19N3O2.C2H6/c1-21-16(20)14-7-9-18(12-14)15-8-10-19(17-15)11-13-5-3-2-4-6-13;1-2/h2-6,8,10,14H,7,9,11-12H2,1H3;1-2H3. The Kier molecular flexibility index (Phi) is 6.20. The predicted octanol–water partition coefficient (Wildman–Crippen LogP) is 2.96. The van der Waals surface area contributed by atoms with Crippen LogP contribution < -0.4 is 4.90 Å². The van der Waals surface area contributed by atoms with Crippen LogP contribution in [0.3, 0.4) is 0 Å². The van der Waals surface area contributed by atoms with Gasteiger partial charge in [-0.2, -0.15) is 5.10 Å². The highest BCUT2D eigenvalue weighted by atomic mass is 16.5. The zero-order valence-corrected chi connectivity index (χ0v) is 14.1. The highest BCUT2D eigenvalue weighted by molar-refractivity contribution is 5.74. The van der Waals surface area contributed by atoms with Crippen LogP contribution in [0.15, 0.2) is 42.6 Å². The molecular formula is C18H25N3O2. The summed E-state index contributed by atoms with van der Waals surface area (Å²) in [6, 6.07) is 12.2. The molecule has 0 spiro atoms. The van der Waals surface area contributed by atoms with Gasteiger partial charge in [0, 0.05) is 25.4 Å². The van der Waals surface area contributed by atoms with Crippen LogP contribution in [0.1, 0.15) is 25.8 Å². The van der Waals surface area contributed by atoms with E-state index in [2.05, 4.69) is 22.1 Å². The van der Waals surface area contributed by atoms with E-state index in [9.17, 15) is 4.79 Å². The van der Waals surface area contributed by atoms with E-state index >= 15 is 0 Å². The molecule has 1 atom stereocenters. The van der Waals surface area contributed by atoms with E-state index in [1.165, 1.54) is 12.7 Å². The normalized spacial score (nSPS) is 16.7. The zero-order chi connectivity index (χ0) is 16.7. The van der Waals surface area contributed by atoms with Crippen molar-refractivity contribution in [2.24, 2.45) is 5.92 Å². The van der Waals surface area contributed by atoms with Gasteiger partial charge in [-0.25, -0.2) is 0 Å². The number of nitrogens with zero attached hydrogens (tertiary/aromatic N) is 3. The van der Waals surface area contributed by atoms with E-state index in [1.807, 2.05) is 49.0 Å². The first-order chi connectivity index (χ1) is 11.3. The Morgan fingerprint density at radius 1 is 1.26 bits per heavy atom. The number of hydrogen-bond acceptors (Lipinski definition) is 4. The molecule has 0 amide bonds. The SMILES string of the molecule is CC.COC(=O)C1CCN(c2ccn(Cc3ccccc3)n2)C1. The second kappa shape index (κ2) is 8.36. The summed E-state index contributed by atoms with van der Waals surface area (Å²) in [7, 11) is 1.44. The molecule has 0 aliphatic carbocycles. The van der Waals surface area contributed by atoms with Crippen LogP contribution in [0.25, 0.3) is 0 Å². The zero-order valence-electron chi connectivity index (χ0n) is 14.1. The smallest absolute Gasteiger partial charge is 0.310 e. The van der Waals surface area contributed by atoms with Crippen LogP contribution >= 0.6 is 0 Å². The first-order valence-electron chi connectivity index (χ1n) is 8.16. The van der Waals surface area contributed by atoms with Crippen molar-refractivity contribution in [1.82, 2.24) is 9.78 Å². The molecule has 5 heteroatoms. The van der Waals surface area contributed by atoms with E-state index in [1.54, 1.807) is 0 Å². The molecule has 1 saturated heterocycles. The lowest BCUT2D eigenvalue weighted by Gasteiger charge is -2.14. The lowest BCUT2D eigenvalue weighted by Crippen LogP contribution is -2.24. The van der Waals surface area contributed by atoms with Crippen LogP contribution in [0, 0.1) is 5.92 Å². The van der Waals surface area contributed by atoms with Gasteiger partial charge in [0.1, 0.15) is 0 Å². The van der Waals surface area contributed by atoms with Gasteiger partial charge in [-0.3, -0.25) is 9.48 Å². The minimum absolute atomic E-state index is 0.0331. The molecule has 1 aliphatic rings. The third-order valence-electron chi connectivity index (χ3n) is 3.86. The van der Waals surface area contributed by atoms with Gasteiger partial charge in [-0.1, -0.05) is 44.2 Å². The van der Waals surface area contributed by atoms with Crippen LogP contribution in [0.5, 0.6) is 0 Å². The quantitative estimate of drug-likeness (QED) is 0.814. The molecule has 1 aliphatic heterocycles. The fourth-order valence-electron chi connectivity index (χ4n) is 2.71. The highest BCUT2D eigenvalue weighted by Crippen LogP contribution is 2.23. The summed E-state index contributed by atoms with van der Waals surface area (Å²) in [6.45, 7) is 6.30. The molecule has 23 heavy (non-hydrogen) atoms. The molecule has 2 aromatic rings. The second-order valence-electron chi connectivity index (χ2n) is 5.31. The van der Waals surface area contributed by atoms with Crippen molar-refractivity contribution in [1.29, 1.82) is 0 Å². The Morgan fingerprint density at radius 2 is 2.00 bits per heavy atom. The number of benzene rings is 1. The number of hydrogen-bond donors (Lipinski definition) is 0. The van der Waals surface area contributed by atoms with E-state index in [0.717, 1.165) is 25.3 Å². The van der Waals surface area contributed by atoms with Gasteiger partial charge in [-0.05, 0) is 12.0 Å². The maximum absolute atomic E-state index is 11.6. The molecule has 0 radical (unpaired) electrons. The van der Waals surface area contributed by atoms with E-state index in [-0.39, 0.29) is 11.9 Å². The van der Waals surface area contributed by atoms with E-state index in [4.69, 9.17) is 4.74 Å². The molecule has 3 rings (SSSR count). The van der Waals surface area contributed by atoms with Gasteiger partial charge in [-0.15, -0.1) is 0 Å². The van der Waals surface area contributed by atoms with Crippen molar-refractivity contribution < 1.29 is 9.53 Å². The minimum Gasteiger partial charge on any atom is -0.469 e. The largest absolute Gasteiger partial charge is 0.469 e. The fraction of sp³-hybridized carbons (Fsp3) is 0.444. The average molecular weight is 315 g/mol. The lowest BCUT2D eigenvalue weighted by atomic mass is 10.1. The highest BCUT2D eigenvalue weighted by Gasteiger charge is 2.30. The molecule has 124 valence electrons. The number of carbonyl (C=O) groups is 1. The van der Waals surface area contributed by atoms with Crippen LogP contribution in [-0.4, -0.2) is 35.9 Å². The molecule has 0 N–H and O–H groups in total. The van der Waals surface area contributed by atoms with Crippen molar-refractivity contribution in [3.8, 4) is 0 Å². The number of rotatable bonds is 4. The molecule has 2 heterocycles. The third-order valence-corrected chi connectivity index (χ3v) is 3.86. The predicted molar refractivity (Wildman–Crippen MR) is 91.5 cm³/mol. The maximum atomic E-state index is 11.6. The van der Waals surface area contributed by atoms with Crippen molar-refractivity contribution in [2.45, 2.75) is 26.8 Å². The Labute approximate surface area is 137 Å². The molecular weight excluding hydrogens is 290 g/mol. The number of methoxy groups -OCH3 is 1. The number of anilines is 1. The molecule has 1 aromatic carbocycles. The summed E-state index contributed by atoms with van der Waals surface area (Å²) in [5, 5.41) is 4.60. The van der Waals surface area contributed by atoms with Gasteiger partial charge in [0.2, 0.25) is 0 Å². The summed E-state index contributed by atoms with van der Waals surface area (Å²) in [4.78, 5) is 13.7. The van der Waals surface area contributed by atoms with Gasteiger partial charge < -0.3 is 9.64 Å². The number of ether oxygens (including phenoxy) is 1. The summed E-state index contributed by atoms with van der Waals surface area (Å²) in [6.07, 6.45) is 2.81. The lowest BCUT2D eigenvalue weighted by molar-refractivity contribution is -0.144. The van der Waals surface area contributed by atoms with E-state index in [0.29, 0.717) is 6.54 Å². The van der Waals surface area contributed by atoms with Crippen LogP contribution in [0.2, 0.25) is 0 Å². The Bertz CT molecular complexity index is 610. The monoisotopic (exact) mass is 315 g/mol. The van der Waals surface area contributed by atoms with Gasteiger partial charge in [0.25, 0.3) is 0 Å². The maximum Gasteiger partial charge on any atom is 0.310 e. The molecule has 5 nitrogen and oxygen atoms in total. The number of aromatic nitrogens is 2. The molecule has 1 aromatic heterocycles. The topological polar surface area (TPSA) is 47.4 Å². The summed E-state index contributed by atoms with van der Waals surface area (Å²) in [5.74, 6) is 0.771. The fourth-order valence-corrected chi connectivity index (χ4v) is 2.71.